The van der Waals surface area contributed by atoms with Crippen molar-refractivity contribution in [2.45, 2.75) is 6.92 Å². The number of phosphoric ester groups is 1. The lowest BCUT2D eigenvalue weighted by atomic mass is 10.1. The summed E-state index contributed by atoms with van der Waals surface area (Å²) in [5.74, 6) is 0.533. The average molecular weight is 252 g/mol. The lowest BCUT2D eigenvalue weighted by molar-refractivity contribution is 0.326. The second kappa shape index (κ2) is 2.49. The van der Waals surface area contributed by atoms with Gasteiger partial charge in [0, 0.05) is 5.56 Å². The van der Waals surface area contributed by atoms with Crippen molar-refractivity contribution in [2.75, 3.05) is 0 Å². The molecule has 1 aromatic heterocycles. The highest BCUT2D eigenvalue weighted by molar-refractivity contribution is 7.50. The van der Waals surface area contributed by atoms with Crippen molar-refractivity contribution in [1.82, 2.24) is 0 Å². The Morgan fingerprint density at radius 3 is 2.71 bits per heavy atom. The van der Waals surface area contributed by atoms with Crippen molar-refractivity contribution in [2.24, 2.45) is 0 Å². The van der Waals surface area contributed by atoms with Gasteiger partial charge in [-0.3, -0.25) is 0 Å². The van der Waals surface area contributed by atoms with Crippen LogP contribution in [0.1, 0.15) is 5.56 Å². The summed E-state index contributed by atoms with van der Waals surface area (Å²) in [5.41, 5.74) is 0.219. The number of benzene rings is 1. The fourth-order valence-corrected chi connectivity index (χ4v) is 3.40. The molecule has 4 rings (SSSR count). The Balaban J connectivity index is 2.36. The fourth-order valence-electron chi connectivity index (χ4n) is 2.07. The zero-order valence-electron chi connectivity index (χ0n) is 8.55. The van der Waals surface area contributed by atoms with Gasteiger partial charge in [-0.25, -0.2) is 4.79 Å². The molecular weight excluding hydrogens is 247 g/mol. The lowest BCUT2D eigenvalue weighted by Gasteiger charge is -2.11. The minimum atomic E-state index is -3.77. The molecule has 0 aliphatic carbocycles. The first-order valence-electron chi connectivity index (χ1n) is 4.87. The lowest BCUT2D eigenvalue weighted by Crippen LogP contribution is -2.09. The molecule has 0 spiro atoms. The molecule has 1 atom stereocenters. The first-order chi connectivity index (χ1) is 8.07. The molecule has 1 aromatic carbocycles. The maximum Gasteiger partial charge on any atom is 0.647 e. The quantitative estimate of drug-likeness (QED) is 0.529. The average Bonchev–Trinajstić information content (AvgIpc) is 2.56. The molecule has 17 heavy (non-hydrogen) atoms. The molecule has 2 aliphatic heterocycles. The van der Waals surface area contributed by atoms with E-state index in [2.05, 4.69) is 0 Å². The summed E-state index contributed by atoms with van der Waals surface area (Å²) in [6, 6.07) is 3.12. The van der Waals surface area contributed by atoms with Crippen LogP contribution in [-0.4, -0.2) is 0 Å². The van der Waals surface area contributed by atoms with Crippen LogP contribution in [0.3, 0.4) is 0 Å². The van der Waals surface area contributed by atoms with E-state index in [0.717, 1.165) is 0 Å². The van der Waals surface area contributed by atoms with Gasteiger partial charge in [-0.1, -0.05) is 0 Å². The Labute approximate surface area is 94.3 Å². The maximum atomic E-state index is 12.1. The van der Waals surface area contributed by atoms with Crippen LogP contribution >= 0.6 is 7.82 Å². The van der Waals surface area contributed by atoms with Gasteiger partial charge in [0.1, 0.15) is 5.58 Å². The van der Waals surface area contributed by atoms with Crippen LogP contribution in [0.2, 0.25) is 0 Å². The number of hydrogen-bond donors (Lipinski definition) is 0. The molecule has 0 radical (unpaired) electrons. The highest BCUT2D eigenvalue weighted by Gasteiger charge is 2.46. The second-order valence-electron chi connectivity index (χ2n) is 3.83. The summed E-state index contributed by atoms with van der Waals surface area (Å²) in [7, 11) is -3.77. The molecule has 1 unspecified atom stereocenters. The van der Waals surface area contributed by atoms with Crippen molar-refractivity contribution in [3.63, 3.8) is 0 Å². The Kier molecular flexibility index (Phi) is 1.33. The molecule has 2 aliphatic rings. The van der Waals surface area contributed by atoms with Crippen LogP contribution in [0.15, 0.2) is 21.3 Å². The molecule has 0 amide bonds. The first-order valence-corrected chi connectivity index (χ1v) is 6.33. The number of aryl methyl sites for hydroxylation is 1. The van der Waals surface area contributed by atoms with Crippen LogP contribution in [0.5, 0.6) is 17.2 Å². The minimum absolute atomic E-state index is 0.114. The predicted octanol–water partition coefficient (Wildman–Crippen LogP) is 2.37. The smallest absolute Gasteiger partial charge is 0.420 e. The third-order valence-electron chi connectivity index (χ3n) is 2.80. The summed E-state index contributed by atoms with van der Waals surface area (Å²) < 4.78 is 32.5. The Hall–Kier alpha value is -1.94. The minimum Gasteiger partial charge on any atom is -0.420 e. The van der Waals surface area contributed by atoms with E-state index < -0.39 is 13.4 Å². The third-order valence-corrected chi connectivity index (χ3v) is 4.04. The molecule has 0 saturated heterocycles. The molecule has 86 valence electrons. The monoisotopic (exact) mass is 252 g/mol. The molecule has 0 fully saturated rings. The van der Waals surface area contributed by atoms with Gasteiger partial charge < -0.3 is 18.0 Å². The summed E-state index contributed by atoms with van der Waals surface area (Å²) >= 11 is 0. The van der Waals surface area contributed by atoms with E-state index in [1.54, 1.807) is 13.0 Å². The number of fused-ring (bicyclic) bond motifs is 2. The van der Waals surface area contributed by atoms with Crippen molar-refractivity contribution in [3.05, 3.63) is 28.1 Å². The predicted molar refractivity (Wildman–Crippen MR) is 56.7 cm³/mol. The topological polar surface area (TPSA) is 75.0 Å². The molecule has 3 heterocycles. The zero-order chi connectivity index (χ0) is 11.8. The number of hydrogen-bond acceptors (Lipinski definition) is 6. The van der Waals surface area contributed by atoms with Crippen LogP contribution in [-0.2, 0) is 4.57 Å². The molecule has 0 saturated carbocycles. The largest absolute Gasteiger partial charge is 0.647 e. The van der Waals surface area contributed by atoms with Crippen molar-refractivity contribution >= 4 is 18.8 Å². The molecule has 4 bridgehead atoms. The third kappa shape index (κ3) is 0.964. The summed E-state index contributed by atoms with van der Waals surface area (Å²) in [5, 5.41) is 0.562. The Morgan fingerprint density at radius 2 is 1.88 bits per heavy atom. The van der Waals surface area contributed by atoms with Crippen molar-refractivity contribution < 1.29 is 22.6 Å². The zero-order valence-corrected chi connectivity index (χ0v) is 9.45. The van der Waals surface area contributed by atoms with Crippen LogP contribution in [0.4, 0.5) is 0 Å². The summed E-state index contributed by atoms with van der Waals surface area (Å²) in [6.45, 7) is 1.69. The van der Waals surface area contributed by atoms with Gasteiger partial charge >= 0.3 is 13.4 Å². The highest BCUT2D eigenvalue weighted by Crippen LogP contribution is 2.63. The van der Waals surface area contributed by atoms with E-state index in [9.17, 15) is 9.36 Å². The number of rotatable bonds is 0. The van der Waals surface area contributed by atoms with Crippen molar-refractivity contribution in [1.29, 1.82) is 0 Å². The Bertz CT molecular complexity index is 789. The van der Waals surface area contributed by atoms with Gasteiger partial charge in [0.25, 0.3) is 0 Å². The van der Waals surface area contributed by atoms with Crippen LogP contribution < -0.4 is 19.2 Å². The van der Waals surface area contributed by atoms with E-state index in [-0.39, 0.29) is 5.75 Å². The van der Waals surface area contributed by atoms with E-state index in [4.69, 9.17) is 18.0 Å². The van der Waals surface area contributed by atoms with Gasteiger partial charge in [-0.15, -0.1) is 0 Å². The van der Waals surface area contributed by atoms with Crippen LogP contribution in [0, 0.1) is 6.92 Å². The van der Waals surface area contributed by atoms with Gasteiger partial charge in [-0.05, 0) is 19.1 Å². The maximum absolute atomic E-state index is 12.1. The molecule has 2 aromatic rings. The van der Waals surface area contributed by atoms with Gasteiger partial charge in [0.05, 0.1) is 5.39 Å². The van der Waals surface area contributed by atoms with E-state index >= 15 is 0 Å². The molecule has 6 nitrogen and oxygen atoms in total. The normalized spacial score (nSPS) is 23.4. The fraction of sp³-hybridized carbons (Fsp3) is 0.100. The number of phosphoric acid groups is 1. The van der Waals surface area contributed by atoms with Crippen LogP contribution in [0.25, 0.3) is 11.0 Å². The van der Waals surface area contributed by atoms with Gasteiger partial charge in [-0.2, -0.15) is 4.57 Å². The van der Waals surface area contributed by atoms with Gasteiger partial charge in [0.2, 0.25) is 5.75 Å². The molecule has 7 heteroatoms. The van der Waals surface area contributed by atoms with Gasteiger partial charge in [0.15, 0.2) is 11.5 Å². The standard InChI is InChI=1S/C10H5O6P/c1-4-7-5-2-3-6-9(7)16-17(12,14-6)15-8(4)10(11)13-5/h2-3H,1H3. The SMILES string of the molecule is Cc1c2c(=O)oc3ccc4c(c13)OP(=O)(O4)O2. The van der Waals surface area contributed by atoms with Crippen molar-refractivity contribution in [3.8, 4) is 17.2 Å². The van der Waals surface area contributed by atoms with E-state index in [1.807, 2.05) is 0 Å². The molecular formula is C10H5O6P. The molecule has 0 N–H and O–H groups in total. The van der Waals surface area contributed by atoms with E-state index in [1.165, 1.54) is 6.07 Å². The summed E-state index contributed by atoms with van der Waals surface area (Å²) in [4.78, 5) is 11.7. The summed E-state index contributed by atoms with van der Waals surface area (Å²) in [6.07, 6.45) is 0. The second-order valence-corrected chi connectivity index (χ2v) is 5.27. The first kappa shape index (κ1) is 9.13. The highest BCUT2D eigenvalue weighted by atomic mass is 31.2. The van der Waals surface area contributed by atoms with E-state index in [0.29, 0.717) is 28.0 Å². The Morgan fingerprint density at radius 1 is 1.12 bits per heavy atom.